The van der Waals surface area contributed by atoms with Gasteiger partial charge in [0.25, 0.3) is 9.84 Å². The molecule has 150 valence electrons. The monoisotopic (exact) mass is 407 g/mol. The van der Waals surface area contributed by atoms with Gasteiger partial charge in [-0.2, -0.15) is 13.2 Å². The molecular formula is C17H20F3NO5S. The highest BCUT2D eigenvalue weighted by molar-refractivity contribution is 7.92. The lowest BCUT2D eigenvalue weighted by atomic mass is 9.84. The van der Waals surface area contributed by atoms with E-state index in [9.17, 15) is 31.5 Å². The van der Waals surface area contributed by atoms with E-state index in [1.54, 1.807) is 13.8 Å². The molecule has 0 unspecified atom stereocenters. The third-order valence-electron chi connectivity index (χ3n) is 5.00. The maximum absolute atomic E-state index is 12.9. The minimum atomic E-state index is -5.56. The Morgan fingerprint density at radius 3 is 2.52 bits per heavy atom. The van der Waals surface area contributed by atoms with Crippen molar-refractivity contribution in [3.05, 3.63) is 23.8 Å². The van der Waals surface area contributed by atoms with Gasteiger partial charge in [-0.1, -0.05) is 0 Å². The fraction of sp³-hybridized carbons (Fsp3) is 0.588. The number of rotatable bonds is 2. The number of carbonyl (C=O) groups excluding carboxylic acids is 1. The lowest BCUT2D eigenvalue weighted by Gasteiger charge is -2.47. The number of piperidine rings is 1. The minimum Gasteiger partial charge on any atom is -0.485 e. The van der Waals surface area contributed by atoms with Crippen LogP contribution in [0.4, 0.5) is 13.2 Å². The van der Waals surface area contributed by atoms with E-state index in [0.29, 0.717) is 19.4 Å². The van der Waals surface area contributed by atoms with Crippen molar-refractivity contribution in [3.63, 3.8) is 0 Å². The predicted octanol–water partition coefficient (Wildman–Crippen LogP) is 2.57. The van der Waals surface area contributed by atoms with Crippen molar-refractivity contribution in [1.82, 2.24) is 4.90 Å². The van der Waals surface area contributed by atoms with Gasteiger partial charge in [0.1, 0.15) is 17.5 Å². The van der Waals surface area contributed by atoms with Crippen molar-refractivity contribution in [2.45, 2.75) is 61.3 Å². The Morgan fingerprint density at radius 1 is 1.26 bits per heavy atom. The zero-order chi connectivity index (χ0) is 20.2. The van der Waals surface area contributed by atoms with E-state index in [-0.39, 0.29) is 23.6 Å². The van der Waals surface area contributed by atoms with Gasteiger partial charge in [-0.05, 0) is 44.9 Å². The minimum absolute atomic E-state index is 0.0578. The van der Waals surface area contributed by atoms with Gasteiger partial charge in [-0.15, -0.1) is 0 Å². The molecule has 27 heavy (non-hydrogen) atoms. The topological polar surface area (TPSA) is 83.9 Å². The number of nitrogens with zero attached hydrogens (tertiary/aromatic N) is 1. The van der Waals surface area contributed by atoms with Gasteiger partial charge in [-0.25, -0.2) is 8.42 Å². The largest absolute Gasteiger partial charge is 0.501 e. The van der Waals surface area contributed by atoms with Gasteiger partial charge in [0.15, 0.2) is 0 Å². The number of ether oxygens (including phenoxy) is 1. The van der Waals surface area contributed by atoms with E-state index in [2.05, 4.69) is 0 Å². The van der Waals surface area contributed by atoms with E-state index < -0.39 is 38.0 Å². The average Bonchev–Trinajstić information content (AvgIpc) is 2.55. The second-order valence-corrected chi connectivity index (χ2v) is 9.23. The number of halogens is 3. The van der Waals surface area contributed by atoms with Gasteiger partial charge >= 0.3 is 5.51 Å². The summed E-state index contributed by atoms with van der Waals surface area (Å²) >= 11 is 0. The molecule has 1 saturated heterocycles. The van der Waals surface area contributed by atoms with E-state index >= 15 is 0 Å². The summed E-state index contributed by atoms with van der Waals surface area (Å²) in [5.41, 5.74) is -6.51. The van der Waals surface area contributed by atoms with E-state index in [1.807, 2.05) is 0 Å². The number of fused-ring (bicyclic) bond motifs is 1. The summed E-state index contributed by atoms with van der Waals surface area (Å²) in [5.74, 6) is -0.0900. The second kappa shape index (κ2) is 6.37. The van der Waals surface area contributed by atoms with Crippen LogP contribution in [0.25, 0.3) is 0 Å². The van der Waals surface area contributed by atoms with E-state index in [1.165, 1.54) is 4.90 Å². The number of carbonyl (C=O) groups is 1. The first-order chi connectivity index (χ1) is 12.4. The lowest BCUT2D eigenvalue weighted by molar-refractivity contribution is -0.147. The molecule has 2 aliphatic heterocycles. The second-order valence-electron chi connectivity index (χ2n) is 7.29. The van der Waals surface area contributed by atoms with Crippen molar-refractivity contribution in [2.75, 3.05) is 6.54 Å². The number of hydrogen-bond acceptors (Lipinski definition) is 5. The first-order valence-electron chi connectivity index (χ1n) is 8.48. The van der Waals surface area contributed by atoms with Crippen LogP contribution >= 0.6 is 0 Å². The van der Waals surface area contributed by atoms with Crippen molar-refractivity contribution in [1.29, 1.82) is 0 Å². The van der Waals surface area contributed by atoms with Crippen LogP contribution in [-0.4, -0.2) is 48.1 Å². The summed E-state index contributed by atoms with van der Waals surface area (Å²) in [4.78, 5) is 12.8. The lowest BCUT2D eigenvalue weighted by Crippen LogP contribution is -2.55. The number of hydrogen-bond donors (Lipinski definition) is 1. The molecule has 0 aliphatic carbocycles. The molecule has 2 aliphatic rings. The molecule has 1 amide bonds. The molecule has 0 radical (unpaired) electrons. The number of aliphatic hydroxyl groups excluding tert-OH is 1. The number of aliphatic hydroxyl groups is 1. The highest BCUT2D eigenvalue weighted by atomic mass is 32.2. The number of likely N-dealkylation sites (tertiary alicyclic amines) is 1. The van der Waals surface area contributed by atoms with Crippen LogP contribution in [0.2, 0.25) is 0 Å². The Kier molecular flexibility index (Phi) is 4.70. The third-order valence-corrected chi connectivity index (χ3v) is 6.48. The van der Waals surface area contributed by atoms with Crippen molar-refractivity contribution in [2.24, 2.45) is 0 Å². The van der Waals surface area contributed by atoms with Crippen molar-refractivity contribution < 1.29 is 36.2 Å². The quantitative estimate of drug-likeness (QED) is 0.815. The number of benzene rings is 1. The van der Waals surface area contributed by atoms with E-state index in [0.717, 1.165) is 18.2 Å². The molecule has 10 heteroatoms. The van der Waals surface area contributed by atoms with Crippen LogP contribution in [0, 0.1) is 0 Å². The van der Waals surface area contributed by atoms with E-state index in [4.69, 9.17) is 4.74 Å². The first-order valence-corrected chi connectivity index (χ1v) is 9.96. The zero-order valence-corrected chi connectivity index (χ0v) is 15.6. The fourth-order valence-corrected chi connectivity index (χ4v) is 4.30. The molecule has 0 bridgehead atoms. The maximum atomic E-state index is 12.9. The van der Waals surface area contributed by atoms with Gasteiger partial charge in [0, 0.05) is 18.5 Å². The number of alkyl halides is 3. The molecule has 1 aromatic carbocycles. The van der Waals surface area contributed by atoms with Crippen LogP contribution in [-0.2, 0) is 14.6 Å². The molecule has 0 spiro atoms. The number of sulfone groups is 1. The third kappa shape index (κ3) is 3.29. The normalized spacial score (nSPS) is 25.7. The Hall–Kier alpha value is -1.81. The Balaban J connectivity index is 2.16. The first kappa shape index (κ1) is 19.9. The standard InChI is InChI=1S/C17H20F3NO5S/c1-16(2)15(23)14(21-8-4-3-5-13(21)22)11-9-10(6-7-12(11)26-16)27(24,25)17(18,19)20/h6-7,9,14-15,23H,3-5,8H2,1-2H3/t14-,15+/m1/s1. The molecule has 0 saturated carbocycles. The van der Waals surface area contributed by atoms with Crippen LogP contribution < -0.4 is 4.74 Å². The molecule has 2 heterocycles. The molecule has 3 rings (SSSR count). The molecular weight excluding hydrogens is 387 g/mol. The van der Waals surface area contributed by atoms with Crippen LogP contribution in [0.15, 0.2) is 23.1 Å². The fourth-order valence-electron chi connectivity index (χ4n) is 3.50. The Morgan fingerprint density at radius 2 is 1.93 bits per heavy atom. The van der Waals surface area contributed by atoms with Gasteiger partial charge in [0.05, 0.1) is 10.9 Å². The van der Waals surface area contributed by atoms with Crippen molar-refractivity contribution in [3.8, 4) is 5.75 Å². The highest BCUT2D eigenvalue weighted by Crippen LogP contribution is 2.45. The summed E-state index contributed by atoms with van der Waals surface area (Å²) < 4.78 is 68.0. The van der Waals surface area contributed by atoms with Crippen LogP contribution in [0.5, 0.6) is 5.75 Å². The summed E-state index contributed by atoms with van der Waals surface area (Å²) in [6.45, 7) is 3.52. The van der Waals surface area contributed by atoms with Crippen molar-refractivity contribution >= 4 is 15.7 Å². The average molecular weight is 407 g/mol. The summed E-state index contributed by atoms with van der Waals surface area (Å²) in [5, 5.41) is 10.8. The zero-order valence-electron chi connectivity index (χ0n) is 14.8. The Labute approximate surface area is 154 Å². The summed E-state index contributed by atoms with van der Waals surface area (Å²) in [6.07, 6.45) is 0.399. The predicted molar refractivity (Wildman–Crippen MR) is 88.7 cm³/mol. The van der Waals surface area contributed by atoms with Gasteiger partial charge < -0.3 is 14.7 Å². The Bertz CT molecular complexity index is 866. The molecule has 1 N–H and O–H groups in total. The van der Waals surface area contributed by atoms with Gasteiger partial charge in [0.2, 0.25) is 5.91 Å². The molecule has 0 aromatic heterocycles. The highest BCUT2D eigenvalue weighted by Gasteiger charge is 2.50. The van der Waals surface area contributed by atoms with Crippen LogP contribution in [0.3, 0.4) is 0 Å². The summed E-state index contributed by atoms with van der Waals surface area (Å²) in [7, 11) is -5.56. The number of amides is 1. The molecule has 1 aromatic rings. The smallest absolute Gasteiger partial charge is 0.485 e. The molecule has 1 fully saturated rings. The SMILES string of the molecule is CC1(C)Oc2ccc(S(=O)(=O)C(F)(F)F)cc2[C@@H](N2CCCCC2=O)[C@@H]1O. The van der Waals surface area contributed by atoms with Gasteiger partial charge in [-0.3, -0.25) is 4.79 Å². The van der Waals surface area contributed by atoms with Crippen LogP contribution in [0.1, 0.15) is 44.7 Å². The molecule has 2 atom stereocenters. The summed E-state index contributed by atoms with van der Waals surface area (Å²) in [6, 6.07) is 1.83. The molecule has 6 nitrogen and oxygen atoms in total. The maximum Gasteiger partial charge on any atom is 0.501 e.